The van der Waals surface area contributed by atoms with Crippen molar-refractivity contribution in [3.8, 4) is 0 Å². The van der Waals surface area contributed by atoms with E-state index in [2.05, 4.69) is 5.32 Å². The predicted octanol–water partition coefficient (Wildman–Crippen LogP) is 0.000900. The van der Waals surface area contributed by atoms with Crippen molar-refractivity contribution in [1.29, 1.82) is 0 Å². The molecule has 0 aliphatic carbocycles. The van der Waals surface area contributed by atoms with Crippen LogP contribution in [0.3, 0.4) is 0 Å². The molecule has 0 saturated heterocycles. The molecule has 0 bridgehead atoms. The summed E-state index contributed by atoms with van der Waals surface area (Å²) in [7, 11) is 0. The smallest absolute Gasteiger partial charge is 0.222 e. The van der Waals surface area contributed by atoms with E-state index in [0.717, 1.165) is 0 Å². The maximum atomic E-state index is 11.3. The van der Waals surface area contributed by atoms with Crippen LogP contribution in [0.5, 0.6) is 0 Å². The topological polar surface area (TPSA) is 75.3 Å². The third-order valence-corrected chi connectivity index (χ3v) is 2.08. The average Bonchev–Trinajstić information content (AvgIpc) is 2.02. The molecule has 0 aliphatic rings. The molecule has 13 heavy (non-hydrogen) atoms. The molecule has 0 aromatic heterocycles. The number of nitrogens with two attached hydrogens (primary N) is 1. The van der Waals surface area contributed by atoms with Crippen molar-refractivity contribution in [2.45, 2.75) is 45.2 Å². The Bertz CT molecular complexity index is 165. The molecule has 1 amide bonds. The number of carbonyl (C=O) groups is 1. The van der Waals surface area contributed by atoms with Gasteiger partial charge in [0.05, 0.1) is 12.1 Å². The van der Waals surface area contributed by atoms with Gasteiger partial charge < -0.3 is 16.2 Å². The van der Waals surface area contributed by atoms with Gasteiger partial charge in [-0.1, -0.05) is 6.92 Å². The first-order chi connectivity index (χ1) is 5.93. The van der Waals surface area contributed by atoms with Gasteiger partial charge in [-0.3, -0.25) is 4.79 Å². The second kappa shape index (κ2) is 5.19. The van der Waals surface area contributed by atoms with Gasteiger partial charge in [-0.05, 0) is 20.3 Å². The number of hydrogen-bond donors (Lipinski definition) is 3. The Kier molecular flexibility index (Phi) is 4.95. The quantitative estimate of drug-likeness (QED) is 0.568. The number of hydrogen-bond acceptors (Lipinski definition) is 3. The predicted molar refractivity (Wildman–Crippen MR) is 52.2 cm³/mol. The summed E-state index contributed by atoms with van der Waals surface area (Å²) in [5.74, 6) is -0.103. The van der Waals surface area contributed by atoms with Crippen LogP contribution in [0.25, 0.3) is 0 Å². The summed E-state index contributed by atoms with van der Waals surface area (Å²) in [5, 5.41) is 11.8. The van der Waals surface area contributed by atoms with Crippen molar-refractivity contribution in [1.82, 2.24) is 5.32 Å². The molecular weight excluding hydrogens is 168 g/mol. The lowest BCUT2D eigenvalue weighted by Gasteiger charge is -2.27. The van der Waals surface area contributed by atoms with Gasteiger partial charge >= 0.3 is 0 Å². The fourth-order valence-electron chi connectivity index (χ4n) is 0.920. The van der Waals surface area contributed by atoms with E-state index >= 15 is 0 Å². The summed E-state index contributed by atoms with van der Waals surface area (Å²) in [4.78, 5) is 11.3. The van der Waals surface area contributed by atoms with E-state index in [1.165, 1.54) is 0 Å². The van der Waals surface area contributed by atoms with Crippen molar-refractivity contribution in [3.63, 3.8) is 0 Å². The van der Waals surface area contributed by atoms with Gasteiger partial charge in [0.15, 0.2) is 0 Å². The minimum atomic E-state index is -0.508. The van der Waals surface area contributed by atoms with Gasteiger partial charge in [-0.2, -0.15) is 0 Å². The molecule has 4 N–H and O–H groups in total. The molecular formula is C9H20N2O2. The fourth-order valence-corrected chi connectivity index (χ4v) is 0.920. The molecule has 0 rings (SSSR count). The SMILES string of the molecule is CCC(C)(CO)NC(=O)CC(C)N. The summed E-state index contributed by atoms with van der Waals surface area (Å²) in [6.45, 7) is 5.46. The highest BCUT2D eigenvalue weighted by Crippen LogP contribution is 2.07. The van der Waals surface area contributed by atoms with E-state index in [-0.39, 0.29) is 18.6 Å². The minimum absolute atomic E-state index is 0.0474. The highest BCUT2D eigenvalue weighted by atomic mass is 16.3. The Morgan fingerprint density at radius 3 is 2.54 bits per heavy atom. The second-order valence-corrected chi connectivity index (χ2v) is 3.80. The Hall–Kier alpha value is -0.610. The molecule has 0 fully saturated rings. The van der Waals surface area contributed by atoms with Crippen LogP contribution < -0.4 is 11.1 Å². The summed E-state index contributed by atoms with van der Waals surface area (Å²) in [6.07, 6.45) is 1.00. The van der Waals surface area contributed by atoms with Gasteiger partial charge in [-0.25, -0.2) is 0 Å². The maximum Gasteiger partial charge on any atom is 0.222 e. The molecule has 4 heteroatoms. The van der Waals surface area contributed by atoms with Crippen LogP contribution in [0.4, 0.5) is 0 Å². The van der Waals surface area contributed by atoms with Gasteiger partial charge in [0.2, 0.25) is 5.91 Å². The molecule has 2 unspecified atom stereocenters. The van der Waals surface area contributed by atoms with Crippen LogP contribution in [-0.2, 0) is 4.79 Å². The van der Waals surface area contributed by atoms with E-state index in [4.69, 9.17) is 10.8 Å². The summed E-state index contributed by atoms with van der Waals surface area (Å²) in [6, 6.07) is -0.139. The van der Waals surface area contributed by atoms with Crippen molar-refractivity contribution in [3.05, 3.63) is 0 Å². The Morgan fingerprint density at radius 2 is 2.23 bits per heavy atom. The van der Waals surface area contributed by atoms with E-state index in [1.807, 2.05) is 13.8 Å². The Labute approximate surface area is 79.5 Å². The lowest BCUT2D eigenvalue weighted by molar-refractivity contribution is -0.123. The van der Waals surface area contributed by atoms with Crippen molar-refractivity contribution in [2.24, 2.45) is 5.73 Å². The van der Waals surface area contributed by atoms with Crippen LogP contribution in [-0.4, -0.2) is 29.2 Å². The van der Waals surface area contributed by atoms with Crippen LogP contribution in [0.1, 0.15) is 33.6 Å². The molecule has 0 aromatic carbocycles. The number of carbonyl (C=O) groups excluding carboxylic acids is 1. The van der Waals surface area contributed by atoms with Gasteiger partial charge in [-0.15, -0.1) is 0 Å². The van der Waals surface area contributed by atoms with Gasteiger partial charge in [0.25, 0.3) is 0 Å². The van der Waals surface area contributed by atoms with Gasteiger partial charge in [0, 0.05) is 12.5 Å². The second-order valence-electron chi connectivity index (χ2n) is 3.80. The Balaban J connectivity index is 4.02. The molecule has 0 heterocycles. The maximum absolute atomic E-state index is 11.3. The lowest BCUT2D eigenvalue weighted by Crippen LogP contribution is -2.49. The zero-order valence-electron chi connectivity index (χ0n) is 8.63. The van der Waals surface area contributed by atoms with Crippen molar-refractivity contribution >= 4 is 5.91 Å². The van der Waals surface area contributed by atoms with Crippen molar-refractivity contribution in [2.75, 3.05) is 6.61 Å². The average molecular weight is 188 g/mol. The molecule has 0 aliphatic heterocycles. The number of aliphatic hydroxyl groups excluding tert-OH is 1. The first-order valence-corrected chi connectivity index (χ1v) is 4.61. The van der Waals surface area contributed by atoms with E-state index in [0.29, 0.717) is 12.8 Å². The normalized spacial score (nSPS) is 17.6. The van der Waals surface area contributed by atoms with E-state index < -0.39 is 5.54 Å². The monoisotopic (exact) mass is 188 g/mol. The first kappa shape index (κ1) is 12.4. The summed E-state index contributed by atoms with van der Waals surface area (Å²) in [5.41, 5.74) is 4.96. The number of aliphatic hydroxyl groups is 1. The molecule has 0 aromatic rings. The molecule has 0 saturated carbocycles. The van der Waals surface area contributed by atoms with Crippen LogP contribution >= 0.6 is 0 Å². The van der Waals surface area contributed by atoms with Crippen LogP contribution in [0.2, 0.25) is 0 Å². The summed E-state index contributed by atoms with van der Waals surface area (Å²) >= 11 is 0. The highest BCUT2D eigenvalue weighted by molar-refractivity contribution is 5.77. The zero-order valence-corrected chi connectivity index (χ0v) is 8.63. The molecule has 78 valence electrons. The van der Waals surface area contributed by atoms with Crippen molar-refractivity contribution < 1.29 is 9.90 Å². The number of amides is 1. The molecule has 4 nitrogen and oxygen atoms in total. The summed E-state index contributed by atoms with van der Waals surface area (Å²) < 4.78 is 0. The minimum Gasteiger partial charge on any atom is -0.394 e. The highest BCUT2D eigenvalue weighted by Gasteiger charge is 2.23. The molecule has 0 spiro atoms. The van der Waals surface area contributed by atoms with Crippen LogP contribution in [0.15, 0.2) is 0 Å². The Morgan fingerprint density at radius 1 is 1.69 bits per heavy atom. The molecule has 0 radical (unpaired) electrons. The molecule has 2 atom stereocenters. The standard InChI is InChI=1S/C9H20N2O2/c1-4-9(3,6-12)11-8(13)5-7(2)10/h7,12H,4-6,10H2,1-3H3,(H,11,13). The van der Waals surface area contributed by atoms with E-state index in [1.54, 1.807) is 6.92 Å². The largest absolute Gasteiger partial charge is 0.394 e. The third kappa shape index (κ3) is 4.85. The third-order valence-electron chi connectivity index (χ3n) is 2.08. The lowest BCUT2D eigenvalue weighted by atomic mass is 10.00. The number of rotatable bonds is 5. The van der Waals surface area contributed by atoms with Crippen LogP contribution in [0, 0.1) is 0 Å². The zero-order chi connectivity index (χ0) is 10.5. The van der Waals surface area contributed by atoms with E-state index in [9.17, 15) is 4.79 Å². The fraction of sp³-hybridized carbons (Fsp3) is 0.889. The number of nitrogens with one attached hydrogen (secondary N) is 1. The van der Waals surface area contributed by atoms with Gasteiger partial charge in [0.1, 0.15) is 0 Å². The first-order valence-electron chi connectivity index (χ1n) is 4.61.